The zero-order valence-electron chi connectivity index (χ0n) is 12.6. The quantitative estimate of drug-likeness (QED) is 0.887. The van der Waals surface area contributed by atoms with Crippen LogP contribution in [0.3, 0.4) is 0 Å². The predicted octanol–water partition coefficient (Wildman–Crippen LogP) is 2.47. The molecule has 0 radical (unpaired) electrons. The van der Waals surface area contributed by atoms with Gasteiger partial charge in [0.15, 0.2) is 11.5 Å². The smallest absolute Gasteiger partial charge is 0.231 e. The molecule has 0 amide bonds. The molecule has 3 rings (SSSR count). The SMILES string of the molecule is CC1(C)C(NCC(O)c2ccc3c(c2)OCO3)C1(C)C. The molecule has 0 spiro atoms. The average molecular weight is 277 g/mol. The Balaban J connectivity index is 1.62. The summed E-state index contributed by atoms with van der Waals surface area (Å²) in [6, 6.07) is 6.05. The number of rotatable bonds is 4. The first kappa shape index (κ1) is 13.7. The summed E-state index contributed by atoms with van der Waals surface area (Å²) < 4.78 is 10.6. The van der Waals surface area contributed by atoms with Crippen molar-refractivity contribution in [3.63, 3.8) is 0 Å². The van der Waals surface area contributed by atoms with E-state index >= 15 is 0 Å². The molecule has 1 fully saturated rings. The molecular weight excluding hydrogens is 254 g/mol. The summed E-state index contributed by atoms with van der Waals surface area (Å²) in [5.41, 5.74) is 1.42. The van der Waals surface area contributed by atoms with Gasteiger partial charge in [-0.2, -0.15) is 0 Å². The van der Waals surface area contributed by atoms with Gasteiger partial charge in [0.2, 0.25) is 6.79 Å². The summed E-state index contributed by atoms with van der Waals surface area (Å²) in [5, 5.41) is 13.8. The van der Waals surface area contributed by atoms with E-state index in [0.717, 1.165) is 11.3 Å². The van der Waals surface area contributed by atoms with Gasteiger partial charge in [0, 0.05) is 12.6 Å². The summed E-state index contributed by atoms with van der Waals surface area (Å²) in [4.78, 5) is 0. The molecule has 1 saturated carbocycles. The van der Waals surface area contributed by atoms with Crippen LogP contribution in [0.15, 0.2) is 18.2 Å². The Hall–Kier alpha value is -1.26. The minimum absolute atomic E-state index is 0.261. The zero-order valence-corrected chi connectivity index (χ0v) is 12.6. The zero-order chi connectivity index (χ0) is 14.5. The van der Waals surface area contributed by atoms with E-state index in [-0.39, 0.29) is 17.6 Å². The minimum Gasteiger partial charge on any atom is -0.454 e. The number of nitrogens with one attached hydrogen (secondary N) is 1. The number of aliphatic hydroxyl groups is 1. The molecule has 0 saturated heterocycles. The Bertz CT molecular complexity index is 510. The van der Waals surface area contributed by atoms with Crippen LogP contribution in [-0.2, 0) is 0 Å². The van der Waals surface area contributed by atoms with Gasteiger partial charge >= 0.3 is 0 Å². The van der Waals surface area contributed by atoms with Gasteiger partial charge in [-0.3, -0.25) is 0 Å². The number of aliphatic hydroxyl groups excluding tert-OH is 1. The van der Waals surface area contributed by atoms with Gasteiger partial charge in [-0.25, -0.2) is 0 Å². The highest BCUT2D eigenvalue weighted by molar-refractivity contribution is 5.45. The van der Waals surface area contributed by atoms with Crippen LogP contribution in [0.4, 0.5) is 0 Å². The molecule has 2 N–H and O–H groups in total. The average Bonchev–Trinajstić information content (AvgIpc) is 2.75. The summed E-state index contributed by atoms with van der Waals surface area (Å²) in [5.74, 6) is 1.46. The second-order valence-electron chi connectivity index (χ2n) is 6.91. The Morgan fingerprint density at radius 1 is 1.20 bits per heavy atom. The van der Waals surface area contributed by atoms with Gasteiger partial charge < -0.3 is 19.9 Å². The number of ether oxygens (including phenoxy) is 2. The van der Waals surface area contributed by atoms with Crippen LogP contribution in [0.5, 0.6) is 11.5 Å². The van der Waals surface area contributed by atoms with Crippen molar-refractivity contribution in [2.75, 3.05) is 13.3 Å². The van der Waals surface area contributed by atoms with Crippen LogP contribution in [0.1, 0.15) is 39.4 Å². The van der Waals surface area contributed by atoms with Crippen LogP contribution < -0.4 is 14.8 Å². The molecule has 1 atom stereocenters. The molecule has 1 unspecified atom stereocenters. The summed E-state index contributed by atoms with van der Waals surface area (Å²) >= 11 is 0. The first-order valence-electron chi connectivity index (χ1n) is 7.15. The molecule has 0 aromatic heterocycles. The fourth-order valence-corrected chi connectivity index (χ4v) is 3.17. The van der Waals surface area contributed by atoms with Crippen molar-refractivity contribution in [3.05, 3.63) is 23.8 Å². The van der Waals surface area contributed by atoms with E-state index in [2.05, 4.69) is 33.0 Å². The van der Waals surface area contributed by atoms with E-state index in [4.69, 9.17) is 9.47 Å². The van der Waals surface area contributed by atoms with Gasteiger partial charge in [0.1, 0.15) is 0 Å². The largest absolute Gasteiger partial charge is 0.454 e. The van der Waals surface area contributed by atoms with E-state index in [1.807, 2.05) is 18.2 Å². The van der Waals surface area contributed by atoms with E-state index in [1.165, 1.54) is 0 Å². The number of fused-ring (bicyclic) bond motifs is 1. The third-order valence-corrected chi connectivity index (χ3v) is 5.32. The van der Waals surface area contributed by atoms with Crippen LogP contribution >= 0.6 is 0 Å². The minimum atomic E-state index is -0.531. The normalized spacial score (nSPS) is 23.6. The molecule has 0 bridgehead atoms. The van der Waals surface area contributed by atoms with Crippen LogP contribution in [0, 0.1) is 10.8 Å². The van der Waals surface area contributed by atoms with E-state index in [9.17, 15) is 5.11 Å². The monoisotopic (exact) mass is 277 g/mol. The standard InChI is InChI=1S/C16H23NO3/c1-15(2)14(16(15,3)4)17-8-11(18)10-5-6-12-13(7-10)20-9-19-12/h5-7,11,14,17-18H,8-9H2,1-4H3. The maximum atomic E-state index is 10.3. The summed E-state index contributed by atoms with van der Waals surface area (Å²) in [6.45, 7) is 9.86. The Labute approximate surface area is 120 Å². The van der Waals surface area contributed by atoms with Crippen LogP contribution in [0.25, 0.3) is 0 Å². The molecular formula is C16H23NO3. The van der Waals surface area contributed by atoms with Gasteiger partial charge in [0.25, 0.3) is 0 Å². The summed E-state index contributed by atoms with van der Waals surface area (Å²) in [7, 11) is 0. The molecule has 1 aromatic carbocycles. The Kier molecular flexibility index (Phi) is 2.99. The highest BCUT2D eigenvalue weighted by Crippen LogP contribution is 2.62. The van der Waals surface area contributed by atoms with Gasteiger partial charge in [-0.15, -0.1) is 0 Å². The van der Waals surface area contributed by atoms with Crippen molar-refractivity contribution >= 4 is 0 Å². The van der Waals surface area contributed by atoms with Gasteiger partial charge in [-0.1, -0.05) is 33.8 Å². The predicted molar refractivity (Wildman–Crippen MR) is 76.9 cm³/mol. The van der Waals surface area contributed by atoms with E-state index < -0.39 is 6.10 Å². The van der Waals surface area contributed by atoms with Crippen LogP contribution in [0.2, 0.25) is 0 Å². The van der Waals surface area contributed by atoms with E-state index in [0.29, 0.717) is 18.3 Å². The third-order valence-electron chi connectivity index (χ3n) is 5.32. The topological polar surface area (TPSA) is 50.7 Å². The van der Waals surface area contributed by atoms with Crippen molar-refractivity contribution in [1.29, 1.82) is 0 Å². The molecule has 1 aliphatic heterocycles. The Morgan fingerprint density at radius 3 is 2.50 bits per heavy atom. The number of benzene rings is 1. The van der Waals surface area contributed by atoms with Crippen molar-refractivity contribution in [2.45, 2.75) is 39.8 Å². The first-order valence-corrected chi connectivity index (χ1v) is 7.15. The molecule has 1 aliphatic carbocycles. The molecule has 20 heavy (non-hydrogen) atoms. The highest BCUT2D eigenvalue weighted by atomic mass is 16.7. The summed E-state index contributed by atoms with van der Waals surface area (Å²) in [6.07, 6.45) is -0.531. The van der Waals surface area contributed by atoms with Crippen molar-refractivity contribution in [2.24, 2.45) is 10.8 Å². The second-order valence-corrected chi connectivity index (χ2v) is 6.91. The third kappa shape index (κ3) is 1.98. The molecule has 4 nitrogen and oxygen atoms in total. The molecule has 2 aliphatic rings. The number of hydrogen-bond acceptors (Lipinski definition) is 4. The first-order chi connectivity index (χ1) is 9.34. The molecule has 4 heteroatoms. The molecule has 1 aromatic rings. The number of hydrogen-bond donors (Lipinski definition) is 2. The lowest BCUT2D eigenvalue weighted by molar-refractivity contribution is 0.169. The second kappa shape index (κ2) is 4.37. The van der Waals surface area contributed by atoms with Crippen molar-refractivity contribution < 1.29 is 14.6 Å². The lowest BCUT2D eigenvalue weighted by Crippen LogP contribution is -2.27. The van der Waals surface area contributed by atoms with Crippen molar-refractivity contribution in [3.8, 4) is 11.5 Å². The fourth-order valence-electron chi connectivity index (χ4n) is 3.17. The van der Waals surface area contributed by atoms with Gasteiger partial charge in [-0.05, 0) is 28.5 Å². The maximum Gasteiger partial charge on any atom is 0.231 e. The van der Waals surface area contributed by atoms with Crippen molar-refractivity contribution in [1.82, 2.24) is 5.32 Å². The maximum absolute atomic E-state index is 10.3. The fraction of sp³-hybridized carbons (Fsp3) is 0.625. The highest BCUT2D eigenvalue weighted by Gasteiger charge is 2.64. The lowest BCUT2D eigenvalue weighted by Gasteiger charge is -2.14. The molecule has 1 heterocycles. The Morgan fingerprint density at radius 2 is 1.85 bits per heavy atom. The van der Waals surface area contributed by atoms with Crippen LogP contribution in [-0.4, -0.2) is 24.5 Å². The van der Waals surface area contributed by atoms with E-state index in [1.54, 1.807) is 0 Å². The van der Waals surface area contributed by atoms with Gasteiger partial charge in [0.05, 0.1) is 6.10 Å². The molecule has 110 valence electrons. The lowest BCUT2D eigenvalue weighted by atomic mass is 10.0.